The van der Waals surface area contributed by atoms with Crippen molar-refractivity contribution in [2.45, 2.75) is 38.3 Å². The van der Waals surface area contributed by atoms with E-state index in [1.54, 1.807) is 44.2 Å². The normalized spacial score (nSPS) is 12.0. The largest absolute Gasteiger partial charge is 0.357 e. The maximum absolute atomic E-state index is 13.8. The number of halogens is 1. The Morgan fingerprint density at radius 3 is 2.14 bits per heavy atom. The van der Waals surface area contributed by atoms with Crippen LogP contribution in [0, 0.1) is 13.8 Å². The van der Waals surface area contributed by atoms with Gasteiger partial charge in [-0.05, 0) is 62.2 Å². The van der Waals surface area contributed by atoms with Gasteiger partial charge in [0.25, 0.3) is 10.0 Å². The van der Waals surface area contributed by atoms with E-state index in [1.165, 1.54) is 24.1 Å². The Morgan fingerprint density at radius 1 is 0.944 bits per heavy atom. The fourth-order valence-electron chi connectivity index (χ4n) is 3.77. The van der Waals surface area contributed by atoms with Gasteiger partial charge in [0.05, 0.1) is 10.6 Å². The SMILES string of the molecule is CNC(=O)[C@H](C)N(Cc1ccc(Br)cc1)C(=O)CN(c1ccccc1C)S(=O)(=O)c1ccc(C)cc1. The molecular formula is C27H30BrN3O4S. The zero-order chi connectivity index (χ0) is 26.5. The Hall–Kier alpha value is -3.17. The molecule has 0 spiro atoms. The Kier molecular flexibility index (Phi) is 8.92. The third-order valence-electron chi connectivity index (χ3n) is 5.95. The molecule has 0 aliphatic heterocycles. The lowest BCUT2D eigenvalue weighted by atomic mass is 10.1. The molecule has 0 saturated heterocycles. The molecule has 0 aliphatic carbocycles. The highest BCUT2D eigenvalue weighted by Gasteiger charge is 2.32. The van der Waals surface area contributed by atoms with Crippen LogP contribution in [0.2, 0.25) is 0 Å². The zero-order valence-electron chi connectivity index (χ0n) is 20.7. The van der Waals surface area contributed by atoms with Gasteiger partial charge in [-0.3, -0.25) is 13.9 Å². The molecular weight excluding hydrogens is 542 g/mol. The quantitative estimate of drug-likeness (QED) is 0.411. The molecule has 0 aliphatic rings. The summed E-state index contributed by atoms with van der Waals surface area (Å²) >= 11 is 3.40. The highest BCUT2D eigenvalue weighted by Crippen LogP contribution is 2.27. The molecule has 3 aromatic rings. The van der Waals surface area contributed by atoms with Gasteiger partial charge in [0, 0.05) is 18.1 Å². The lowest BCUT2D eigenvalue weighted by molar-refractivity contribution is -0.139. The molecule has 2 amide bonds. The Bertz CT molecular complexity index is 1330. The number of amides is 2. The summed E-state index contributed by atoms with van der Waals surface area (Å²) in [6, 6.07) is 20.1. The highest BCUT2D eigenvalue weighted by molar-refractivity contribution is 9.10. The first-order valence-electron chi connectivity index (χ1n) is 11.4. The molecule has 0 fully saturated rings. The summed E-state index contributed by atoms with van der Waals surface area (Å²) in [6.45, 7) is 4.98. The van der Waals surface area contributed by atoms with Crippen LogP contribution in [0.3, 0.4) is 0 Å². The number of nitrogens with zero attached hydrogens (tertiary/aromatic N) is 2. The first-order valence-corrected chi connectivity index (χ1v) is 13.7. The van der Waals surface area contributed by atoms with E-state index in [1.807, 2.05) is 37.3 Å². The lowest BCUT2D eigenvalue weighted by Gasteiger charge is -2.32. The number of rotatable bonds is 9. The van der Waals surface area contributed by atoms with E-state index in [0.29, 0.717) is 11.3 Å². The number of nitrogens with one attached hydrogen (secondary N) is 1. The van der Waals surface area contributed by atoms with E-state index in [-0.39, 0.29) is 17.3 Å². The Morgan fingerprint density at radius 2 is 1.56 bits per heavy atom. The molecule has 9 heteroatoms. The van der Waals surface area contributed by atoms with Crippen molar-refractivity contribution in [3.63, 3.8) is 0 Å². The number of carbonyl (C=O) groups is 2. The van der Waals surface area contributed by atoms with Gasteiger partial charge in [0.1, 0.15) is 12.6 Å². The van der Waals surface area contributed by atoms with Crippen LogP contribution in [0.4, 0.5) is 5.69 Å². The monoisotopic (exact) mass is 571 g/mol. The standard InChI is InChI=1S/C27H30BrN3O4S/c1-19-9-15-24(16-10-19)36(34,35)31(25-8-6-5-7-20(25)2)18-26(32)30(21(3)27(33)29-4)17-22-11-13-23(28)14-12-22/h5-16,21H,17-18H2,1-4H3,(H,29,33)/t21-/m0/s1. The van der Waals surface area contributed by atoms with Gasteiger partial charge < -0.3 is 10.2 Å². The minimum absolute atomic E-state index is 0.0861. The van der Waals surface area contributed by atoms with Gasteiger partial charge in [0.2, 0.25) is 11.8 Å². The number of aryl methyl sites for hydroxylation is 2. The second-order valence-electron chi connectivity index (χ2n) is 8.55. The second kappa shape index (κ2) is 11.7. The van der Waals surface area contributed by atoms with E-state index in [9.17, 15) is 18.0 Å². The van der Waals surface area contributed by atoms with Crippen LogP contribution in [0.15, 0.2) is 82.2 Å². The van der Waals surface area contributed by atoms with E-state index >= 15 is 0 Å². The summed E-state index contributed by atoms with van der Waals surface area (Å²) in [6.07, 6.45) is 0. The first kappa shape index (κ1) is 27.4. The van der Waals surface area contributed by atoms with Crippen LogP contribution in [0.1, 0.15) is 23.6 Å². The number of benzene rings is 3. The molecule has 0 saturated carbocycles. The highest BCUT2D eigenvalue weighted by atomic mass is 79.9. The molecule has 0 bridgehead atoms. The number of sulfonamides is 1. The first-order chi connectivity index (χ1) is 17.0. The molecule has 0 aromatic heterocycles. The summed E-state index contributed by atoms with van der Waals surface area (Å²) < 4.78 is 29.6. The van der Waals surface area contributed by atoms with Gasteiger partial charge in [-0.25, -0.2) is 8.42 Å². The molecule has 3 rings (SSSR count). The van der Waals surface area contributed by atoms with Crippen LogP contribution < -0.4 is 9.62 Å². The summed E-state index contributed by atoms with van der Waals surface area (Å²) in [5.74, 6) is -0.836. The number of carbonyl (C=O) groups excluding carboxylic acids is 2. The van der Waals surface area contributed by atoms with Crippen molar-refractivity contribution in [1.82, 2.24) is 10.2 Å². The fourth-order valence-corrected chi connectivity index (χ4v) is 5.52. The van der Waals surface area contributed by atoms with Crippen LogP contribution in [-0.4, -0.2) is 44.8 Å². The number of para-hydroxylation sites is 1. The number of hydrogen-bond donors (Lipinski definition) is 1. The third-order valence-corrected chi connectivity index (χ3v) is 8.25. The van der Waals surface area contributed by atoms with Gasteiger partial charge in [-0.15, -0.1) is 0 Å². The smallest absolute Gasteiger partial charge is 0.264 e. The second-order valence-corrected chi connectivity index (χ2v) is 11.3. The maximum Gasteiger partial charge on any atom is 0.264 e. The minimum atomic E-state index is -4.07. The van der Waals surface area contributed by atoms with Crippen LogP contribution >= 0.6 is 15.9 Å². The van der Waals surface area contributed by atoms with E-state index in [2.05, 4.69) is 21.2 Å². The summed E-state index contributed by atoms with van der Waals surface area (Å²) in [4.78, 5) is 27.7. The summed E-state index contributed by atoms with van der Waals surface area (Å²) in [5, 5.41) is 2.58. The van der Waals surface area contributed by atoms with Crippen LogP contribution in [0.25, 0.3) is 0 Å². The third kappa shape index (κ3) is 6.33. The maximum atomic E-state index is 13.8. The lowest BCUT2D eigenvalue weighted by Crippen LogP contribution is -2.50. The summed E-state index contributed by atoms with van der Waals surface area (Å²) in [7, 11) is -2.57. The molecule has 1 atom stereocenters. The number of anilines is 1. The van der Waals surface area contributed by atoms with Crippen molar-refractivity contribution in [2.24, 2.45) is 0 Å². The van der Waals surface area contributed by atoms with E-state index < -0.39 is 28.5 Å². The van der Waals surface area contributed by atoms with Crippen molar-refractivity contribution in [3.8, 4) is 0 Å². The number of hydrogen-bond acceptors (Lipinski definition) is 4. The van der Waals surface area contributed by atoms with Crippen LogP contribution in [-0.2, 0) is 26.2 Å². The Labute approximate surface area is 221 Å². The zero-order valence-corrected chi connectivity index (χ0v) is 23.1. The predicted octanol–water partition coefficient (Wildman–Crippen LogP) is 4.42. The average Bonchev–Trinajstić information content (AvgIpc) is 2.86. The minimum Gasteiger partial charge on any atom is -0.357 e. The van der Waals surface area contributed by atoms with Crippen molar-refractivity contribution >= 4 is 43.5 Å². The van der Waals surface area contributed by atoms with Gasteiger partial charge >= 0.3 is 0 Å². The molecule has 0 unspecified atom stereocenters. The van der Waals surface area contributed by atoms with Crippen molar-refractivity contribution in [1.29, 1.82) is 0 Å². The van der Waals surface area contributed by atoms with E-state index in [0.717, 1.165) is 19.9 Å². The van der Waals surface area contributed by atoms with Crippen molar-refractivity contribution in [3.05, 3.63) is 94.0 Å². The number of likely N-dealkylation sites (N-methyl/N-ethyl adjacent to an activating group) is 1. The molecule has 36 heavy (non-hydrogen) atoms. The fraction of sp³-hybridized carbons (Fsp3) is 0.259. The summed E-state index contributed by atoms with van der Waals surface area (Å²) in [5.41, 5.74) is 2.85. The Balaban J connectivity index is 2.04. The average molecular weight is 573 g/mol. The molecule has 190 valence electrons. The molecule has 1 N–H and O–H groups in total. The predicted molar refractivity (Wildman–Crippen MR) is 145 cm³/mol. The van der Waals surface area contributed by atoms with Gasteiger partial charge in [0.15, 0.2) is 0 Å². The van der Waals surface area contributed by atoms with Gasteiger partial charge in [-0.2, -0.15) is 0 Å². The molecule has 0 heterocycles. The van der Waals surface area contributed by atoms with Crippen LogP contribution in [0.5, 0.6) is 0 Å². The molecule has 0 radical (unpaired) electrons. The van der Waals surface area contributed by atoms with E-state index in [4.69, 9.17) is 0 Å². The van der Waals surface area contributed by atoms with Crippen molar-refractivity contribution < 1.29 is 18.0 Å². The topological polar surface area (TPSA) is 86.8 Å². The van der Waals surface area contributed by atoms with Crippen molar-refractivity contribution in [2.75, 3.05) is 17.9 Å². The van der Waals surface area contributed by atoms with Gasteiger partial charge in [-0.1, -0.05) is 64.0 Å². The molecule has 7 nitrogen and oxygen atoms in total. The molecule has 3 aromatic carbocycles.